The van der Waals surface area contributed by atoms with Gasteiger partial charge in [0.15, 0.2) is 11.6 Å². The number of halogens is 1. The van der Waals surface area contributed by atoms with Crippen molar-refractivity contribution in [2.45, 2.75) is 282 Å². The number of Topliss-reactive ketones (excluding diaryl/α,β-unsaturated/α-hetero) is 2. The summed E-state index contributed by atoms with van der Waals surface area (Å²) in [7, 11) is 0. The van der Waals surface area contributed by atoms with Gasteiger partial charge in [0.2, 0.25) is 0 Å². The third-order valence-corrected chi connectivity index (χ3v) is 14.5. The van der Waals surface area contributed by atoms with Gasteiger partial charge in [0.25, 0.3) is 0 Å². The highest BCUT2D eigenvalue weighted by molar-refractivity contribution is 5.95. The SMILES string of the molecule is C/C(=C\c1c(-c2ccc(N)nc2)ccnc1C)C(C)C.C=C(CC)CCC(C(C)=O)n1c(=O)n(CCC)c2cc(CC)ccc21.C=CC(CCC)CCC.CC.CC.CC.CC/C=C(\CCC)c1c(C)cc(C(C)=O)cc1F.CCC(C)C.CCCC. The van der Waals surface area contributed by atoms with Crippen molar-refractivity contribution in [1.29, 1.82) is 0 Å². The highest BCUT2D eigenvalue weighted by atomic mass is 19.1. The first-order valence-electron chi connectivity index (χ1n) is 33.9. The summed E-state index contributed by atoms with van der Waals surface area (Å²) in [4.78, 5) is 45.3. The van der Waals surface area contributed by atoms with E-state index in [0.717, 1.165) is 107 Å². The number of hydrogen-bond acceptors (Lipinski definition) is 6. The minimum Gasteiger partial charge on any atom is -0.384 e. The number of aromatic nitrogens is 4. The molecule has 0 saturated heterocycles. The van der Waals surface area contributed by atoms with E-state index in [1.807, 2.05) is 104 Å². The van der Waals surface area contributed by atoms with Crippen LogP contribution < -0.4 is 11.4 Å². The summed E-state index contributed by atoms with van der Waals surface area (Å²) in [6.45, 7) is 59.8. The molecular weight excluding hydrogens is 1070 g/mol. The first-order chi connectivity index (χ1) is 41.5. The number of nitrogens with zero attached hydrogens (tertiary/aromatic N) is 4. The number of aryl methyl sites for hydroxylation is 4. The molecule has 0 bridgehead atoms. The van der Waals surface area contributed by atoms with Crippen molar-refractivity contribution in [3.05, 3.63) is 147 Å². The minimum atomic E-state index is -0.427. The number of nitrogens with two attached hydrogens (primary N) is 1. The predicted molar refractivity (Wildman–Crippen MR) is 387 cm³/mol. The van der Waals surface area contributed by atoms with Gasteiger partial charge in [0.05, 0.1) is 17.1 Å². The zero-order valence-electron chi connectivity index (χ0n) is 60.5. The molecule has 0 radical (unpaired) electrons. The lowest BCUT2D eigenvalue weighted by molar-refractivity contribution is -0.120. The topological polar surface area (TPSA) is 113 Å². The van der Waals surface area contributed by atoms with Gasteiger partial charge < -0.3 is 5.73 Å². The number of pyridine rings is 2. The number of fused-ring (bicyclic) bond motifs is 1. The molecule has 0 aliphatic heterocycles. The normalized spacial score (nSPS) is 10.9. The molecule has 2 N–H and O–H groups in total. The number of carbonyl (C=O) groups excluding carboxylic acids is 2. The Kier molecular flexibility index (Phi) is 53.4. The molecule has 492 valence electrons. The monoisotopic (exact) mass is 1200 g/mol. The first kappa shape index (κ1) is 87.5. The number of allylic oxidation sites excluding steroid dienone is 5. The average molecular weight is 1200 g/mol. The summed E-state index contributed by atoms with van der Waals surface area (Å²) in [6, 6.07) is 14.7. The van der Waals surface area contributed by atoms with E-state index in [4.69, 9.17) is 5.73 Å². The molecule has 2 aromatic carbocycles. The Morgan fingerprint density at radius 1 is 0.724 bits per heavy atom. The predicted octanol–water partition coefficient (Wildman–Crippen LogP) is 24.0. The standard InChI is InChI=1S/C21H30N2O2.C17H21N3.C16H21FO.C9H18.C5H12.C4H10.3C2H6/c1-6-13-22-20-14-17(8-3)10-12-19(20)23(21(22)25)18(16(5)24)11-9-15(4)7-2;1-11(2)12(3)9-16-13(4)19-8-7-15(16)14-5-6-17(18)20-10-14;1-5-7-13(8-6-2)16-11(3)9-14(12(4)18)10-15(16)17;1-4-7-9(6-3)8-5-2;1-4-5(2)3;1-3-4-2;3*1-2/h10,12,14,18H,4,6-9,11,13H2,1-3,5H3;5-11H,1-4H3,(H2,18,20);7,9-10H,5-6,8H2,1-4H3;6,9H,3-5,7-8H2,1-2H3;5H,4H2,1-3H3;3-4H2,1-2H3;3*1-2H3/b;12-9+;13-7+;;;;;;. The molecule has 5 aromatic rings. The van der Waals surface area contributed by atoms with Crippen LogP contribution in [0.4, 0.5) is 10.2 Å². The third kappa shape index (κ3) is 33.8. The number of ketones is 2. The van der Waals surface area contributed by atoms with Crippen molar-refractivity contribution in [3.8, 4) is 11.1 Å². The number of unbranched alkanes of at least 4 members (excludes halogenated alkanes) is 1. The van der Waals surface area contributed by atoms with Gasteiger partial charge in [-0.25, -0.2) is 14.2 Å². The van der Waals surface area contributed by atoms with Gasteiger partial charge in [-0.2, -0.15) is 0 Å². The van der Waals surface area contributed by atoms with Crippen LogP contribution in [0.5, 0.6) is 0 Å². The second-order valence-electron chi connectivity index (χ2n) is 22.1. The fourth-order valence-electron chi connectivity index (χ4n) is 8.61. The third-order valence-electron chi connectivity index (χ3n) is 14.5. The van der Waals surface area contributed by atoms with Crippen LogP contribution in [-0.4, -0.2) is 30.7 Å². The minimum absolute atomic E-state index is 0.0288. The van der Waals surface area contributed by atoms with Gasteiger partial charge >= 0.3 is 5.69 Å². The van der Waals surface area contributed by atoms with Crippen LogP contribution in [0.25, 0.3) is 33.8 Å². The summed E-state index contributed by atoms with van der Waals surface area (Å²) in [6.07, 6.45) is 26.0. The van der Waals surface area contributed by atoms with Gasteiger partial charge in [-0.1, -0.05) is 219 Å². The smallest absolute Gasteiger partial charge is 0.329 e. The average Bonchev–Trinajstić information content (AvgIpc) is 1.69. The van der Waals surface area contributed by atoms with Crippen molar-refractivity contribution in [1.82, 2.24) is 19.1 Å². The van der Waals surface area contributed by atoms with Crippen LogP contribution in [0, 0.1) is 37.4 Å². The Bertz CT molecular complexity index is 2720. The summed E-state index contributed by atoms with van der Waals surface area (Å²) in [5.41, 5.74) is 18.4. The Hall–Kier alpha value is -5.96. The Balaban J connectivity index is -0.000000505. The zero-order chi connectivity index (χ0) is 67.8. The highest BCUT2D eigenvalue weighted by Crippen LogP contribution is 2.30. The summed E-state index contributed by atoms with van der Waals surface area (Å²) in [5, 5.41) is 0. The van der Waals surface area contributed by atoms with Crippen molar-refractivity contribution < 1.29 is 14.0 Å². The molecule has 0 aliphatic rings. The molecule has 9 heteroatoms. The number of benzene rings is 2. The van der Waals surface area contributed by atoms with E-state index in [-0.39, 0.29) is 23.1 Å². The second kappa shape index (κ2) is 53.1. The molecule has 8 nitrogen and oxygen atoms in total. The van der Waals surface area contributed by atoms with Gasteiger partial charge in [0, 0.05) is 46.9 Å². The Morgan fingerprint density at radius 3 is 1.72 bits per heavy atom. The fourth-order valence-corrected chi connectivity index (χ4v) is 8.61. The van der Waals surface area contributed by atoms with E-state index in [0.29, 0.717) is 35.8 Å². The maximum absolute atomic E-state index is 14.2. The zero-order valence-corrected chi connectivity index (χ0v) is 60.5. The molecular formula is C78H130FN5O3. The van der Waals surface area contributed by atoms with Gasteiger partial charge in [0.1, 0.15) is 11.6 Å². The van der Waals surface area contributed by atoms with Crippen LogP contribution in [0.15, 0.2) is 102 Å². The maximum Gasteiger partial charge on any atom is 0.329 e. The van der Waals surface area contributed by atoms with Crippen LogP contribution in [0.2, 0.25) is 0 Å². The van der Waals surface area contributed by atoms with Gasteiger partial charge in [-0.05, 0) is 175 Å². The number of nitrogen functional groups attached to an aromatic ring is 1. The Morgan fingerprint density at radius 2 is 1.31 bits per heavy atom. The van der Waals surface area contributed by atoms with E-state index in [1.54, 1.807) is 17.6 Å². The molecule has 3 aromatic heterocycles. The van der Waals surface area contributed by atoms with E-state index in [9.17, 15) is 18.8 Å². The van der Waals surface area contributed by atoms with E-state index in [1.165, 1.54) is 69.1 Å². The lowest BCUT2D eigenvalue weighted by Crippen LogP contribution is -2.30. The first-order valence-corrected chi connectivity index (χ1v) is 33.9. The van der Waals surface area contributed by atoms with Crippen molar-refractivity contribution in [3.63, 3.8) is 0 Å². The lowest BCUT2D eigenvalue weighted by atomic mass is 9.93. The molecule has 0 fully saturated rings. The highest BCUT2D eigenvalue weighted by Gasteiger charge is 2.24. The number of anilines is 1. The summed E-state index contributed by atoms with van der Waals surface area (Å²) >= 11 is 0. The maximum atomic E-state index is 14.2. The molecule has 0 aliphatic carbocycles. The summed E-state index contributed by atoms with van der Waals surface area (Å²) < 4.78 is 17.7. The van der Waals surface area contributed by atoms with Crippen molar-refractivity contribution in [2.75, 3.05) is 5.73 Å². The molecule has 5 rings (SSSR count). The van der Waals surface area contributed by atoms with Crippen molar-refractivity contribution >= 4 is 40.1 Å². The summed E-state index contributed by atoms with van der Waals surface area (Å²) in [5.74, 6) is 2.37. The number of carbonyl (C=O) groups is 2. The number of imidazole rings is 1. The molecule has 87 heavy (non-hydrogen) atoms. The van der Waals surface area contributed by atoms with Crippen LogP contribution >= 0.6 is 0 Å². The van der Waals surface area contributed by atoms with E-state index in [2.05, 4.69) is 150 Å². The van der Waals surface area contributed by atoms with E-state index < -0.39 is 6.04 Å². The molecule has 0 saturated carbocycles. The van der Waals surface area contributed by atoms with Gasteiger partial charge in [-0.15, -0.1) is 6.58 Å². The second-order valence-corrected chi connectivity index (χ2v) is 22.1. The van der Waals surface area contributed by atoms with Crippen LogP contribution in [0.1, 0.15) is 293 Å². The molecule has 0 amide bonds. The van der Waals surface area contributed by atoms with E-state index >= 15 is 0 Å². The quantitative estimate of drug-likeness (QED) is 0.0486. The number of rotatable bonds is 24. The van der Waals surface area contributed by atoms with Crippen LogP contribution in [-0.2, 0) is 17.8 Å². The molecule has 1 atom stereocenters. The molecule has 3 heterocycles. The molecule has 0 spiro atoms. The largest absolute Gasteiger partial charge is 0.384 e. The number of hydrogen-bond donors (Lipinski definition) is 1. The Labute approximate surface area is 534 Å². The fraction of sp³-hybridized carbons (Fsp3) is 0.577. The molecule has 1 unspecified atom stereocenters. The van der Waals surface area contributed by atoms with Crippen molar-refractivity contribution in [2.24, 2.45) is 17.8 Å². The van der Waals surface area contributed by atoms with Crippen LogP contribution in [0.3, 0.4) is 0 Å². The lowest BCUT2D eigenvalue weighted by Gasteiger charge is -2.16. The van der Waals surface area contributed by atoms with Gasteiger partial charge in [-0.3, -0.25) is 23.7 Å².